The third kappa shape index (κ3) is 3.07. The molecule has 0 aliphatic heterocycles. The minimum Gasteiger partial charge on any atom is -0.481 e. The highest BCUT2D eigenvalue weighted by Gasteiger charge is 2.50. The topological polar surface area (TPSA) is 97.5 Å². The quantitative estimate of drug-likeness (QED) is 0.364. The molecule has 34 heavy (non-hydrogen) atoms. The van der Waals surface area contributed by atoms with E-state index in [1.165, 1.54) is 5.56 Å². The normalized spacial score (nSPS) is 23.4. The van der Waals surface area contributed by atoms with E-state index in [9.17, 15) is 14.7 Å². The summed E-state index contributed by atoms with van der Waals surface area (Å²) in [7, 11) is 0. The first-order chi connectivity index (χ1) is 16.4. The predicted octanol–water partition coefficient (Wildman–Crippen LogP) is 4.42. The minimum atomic E-state index is -0.830. The van der Waals surface area contributed by atoms with E-state index < -0.39 is 17.4 Å². The van der Waals surface area contributed by atoms with Gasteiger partial charge in [0, 0.05) is 16.9 Å². The van der Waals surface area contributed by atoms with Gasteiger partial charge in [0.2, 0.25) is 0 Å². The van der Waals surface area contributed by atoms with Crippen molar-refractivity contribution < 1.29 is 9.90 Å². The second kappa shape index (κ2) is 7.58. The number of para-hydroxylation sites is 1. The van der Waals surface area contributed by atoms with Gasteiger partial charge in [0.25, 0.3) is 5.56 Å². The Balaban J connectivity index is 1.62. The molecule has 6 rings (SSSR count). The zero-order valence-electron chi connectivity index (χ0n) is 18.9. The Bertz CT molecular complexity index is 1540. The zero-order chi connectivity index (χ0) is 23.6. The van der Waals surface area contributed by atoms with E-state index in [4.69, 9.17) is 10.1 Å². The molecule has 2 aromatic heterocycles. The molecule has 2 aliphatic carbocycles. The van der Waals surface area contributed by atoms with Crippen molar-refractivity contribution in [2.24, 2.45) is 17.8 Å². The number of benzene rings is 2. The molecule has 0 spiro atoms. The van der Waals surface area contributed by atoms with Crippen LogP contribution in [0, 0.1) is 17.8 Å². The molecule has 2 heterocycles. The van der Waals surface area contributed by atoms with Gasteiger partial charge in [-0.05, 0) is 41.9 Å². The van der Waals surface area contributed by atoms with Crippen molar-refractivity contribution in [2.75, 3.05) is 0 Å². The number of aliphatic carboxylic acids is 1. The number of hydrogen-bond donors (Lipinski definition) is 1. The SMILES string of the molecule is CC(C)c1ccc(-c2nn3c(C4C5C=CC(C5)C4C(=O)O)nc4ccccc4c3nc2=O)cc1. The van der Waals surface area contributed by atoms with Gasteiger partial charge < -0.3 is 5.11 Å². The summed E-state index contributed by atoms with van der Waals surface area (Å²) in [5, 5.41) is 15.5. The first kappa shape index (κ1) is 20.7. The van der Waals surface area contributed by atoms with E-state index >= 15 is 0 Å². The van der Waals surface area contributed by atoms with Crippen molar-refractivity contribution in [3.63, 3.8) is 0 Å². The van der Waals surface area contributed by atoms with Crippen LogP contribution >= 0.6 is 0 Å². The summed E-state index contributed by atoms with van der Waals surface area (Å²) in [4.78, 5) is 34.7. The monoisotopic (exact) mass is 452 g/mol. The van der Waals surface area contributed by atoms with Crippen molar-refractivity contribution in [1.82, 2.24) is 19.6 Å². The predicted molar refractivity (Wildman–Crippen MR) is 129 cm³/mol. The molecule has 1 fully saturated rings. The highest BCUT2D eigenvalue weighted by molar-refractivity contribution is 5.91. The summed E-state index contributed by atoms with van der Waals surface area (Å²) >= 11 is 0. The van der Waals surface area contributed by atoms with E-state index in [1.807, 2.05) is 54.6 Å². The Kier molecular flexibility index (Phi) is 4.62. The first-order valence-electron chi connectivity index (χ1n) is 11.6. The second-order valence-corrected chi connectivity index (χ2v) is 9.60. The number of aromatic nitrogens is 4. The number of fused-ring (bicyclic) bond motifs is 5. The van der Waals surface area contributed by atoms with E-state index in [1.54, 1.807) is 4.52 Å². The van der Waals surface area contributed by atoms with E-state index in [-0.39, 0.29) is 23.4 Å². The van der Waals surface area contributed by atoms with Crippen molar-refractivity contribution in [2.45, 2.75) is 32.1 Å². The molecule has 0 saturated heterocycles. The van der Waals surface area contributed by atoms with Crippen LogP contribution in [-0.4, -0.2) is 30.7 Å². The second-order valence-electron chi connectivity index (χ2n) is 9.60. The Labute approximate surface area is 195 Å². The van der Waals surface area contributed by atoms with Crippen LogP contribution in [0.25, 0.3) is 27.8 Å². The molecule has 1 saturated carbocycles. The molecule has 170 valence electrons. The summed E-state index contributed by atoms with van der Waals surface area (Å²) in [6.07, 6.45) is 4.89. The van der Waals surface area contributed by atoms with Crippen LogP contribution in [0.1, 0.15) is 43.5 Å². The van der Waals surface area contributed by atoms with E-state index in [0.717, 1.165) is 6.42 Å². The molecule has 4 unspecified atom stereocenters. The van der Waals surface area contributed by atoms with Crippen LogP contribution < -0.4 is 5.56 Å². The summed E-state index contributed by atoms with van der Waals surface area (Å²) in [6, 6.07) is 15.2. The largest absolute Gasteiger partial charge is 0.481 e. The minimum absolute atomic E-state index is 0.0220. The van der Waals surface area contributed by atoms with E-state index in [2.05, 4.69) is 24.9 Å². The molecular formula is C27H24N4O3. The van der Waals surface area contributed by atoms with Crippen LogP contribution in [-0.2, 0) is 4.79 Å². The van der Waals surface area contributed by atoms with Crippen LogP contribution in [0.3, 0.4) is 0 Å². The number of carboxylic acid groups (broad SMARTS) is 1. The van der Waals surface area contributed by atoms with Gasteiger partial charge in [-0.15, -0.1) is 0 Å². The molecule has 2 aromatic carbocycles. The first-order valence-corrected chi connectivity index (χ1v) is 11.6. The Morgan fingerprint density at radius 1 is 1.03 bits per heavy atom. The third-order valence-corrected chi connectivity index (χ3v) is 7.30. The fraction of sp³-hybridized carbons (Fsp3) is 0.296. The lowest BCUT2D eigenvalue weighted by molar-refractivity contribution is -0.143. The molecule has 2 aliphatic rings. The van der Waals surface area contributed by atoms with Crippen LogP contribution in [0.2, 0.25) is 0 Å². The van der Waals surface area contributed by atoms with Crippen LogP contribution in [0.15, 0.2) is 65.5 Å². The summed E-state index contributed by atoms with van der Waals surface area (Å²) in [6.45, 7) is 4.23. The highest BCUT2D eigenvalue weighted by Crippen LogP contribution is 2.52. The fourth-order valence-corrected chi connectivity index (χ4v) is 5.59. The maximum absolute atomic E-state index is 13.1. The van der Waals surface area contributed by atoms with Gasteiger partial charge in [-0.3, -0.25) is 9.59 Å². The van der Waals surface area contributed by atoms with Crippen molar-refractivity contribution >= 4 is 22.5 Å². The lowest BCUT2D eigenvalue weighted by Gasteiger charge is -2.25. The number of nitrogens with zero attached hydrogens (tertiary/aromatic N) is 4. The average molecular weight is 453 g/mol. The molecular weight excluding hydrogens is 428 g/mol. The maximum atomic E-state index is 13.1. The van der Waals surface area contributed by atoms with Gasteiger partial charge >= 0.3 is 5.97 Å². The number of allylic oxidation sites excluding steroid dienone is 2. The number of hydrogen-bond acceptors (Lipinski definition) is 5. The lowest BCUT2D eigenvalue weighted by Crippen LogP contribution is -2.29. The summed E-state index contributed by atoms with van der Waals surface area (Å²) in [5.41, 5.74) is 2.75. The molecule has 7 nitrogen and oxygen atoms in total. The van der Waals surface area contributed by atoms with Gasteiger partial charge in [0.1, 0.15) is 5.82 Å². The van der Waals surface area contributed by atoms with Gasteiger partial charge in [0.05, 0.1) is 11.4 Å². The third-order valence-electron chi connectivity index (χ3n) is 7.30. The molecule has 2 bridgehead atoms. The molecule has 4 atom stereocenters. The number of rotatable bonds is 4. The molecule has 1 N–H and O–H groups in total. The van der Waals surface area contributed by atoms with Gasteiger partial charge in [0.15, 0.2) is 11.3 Å². The van der Waals surface area contributed by atoms with Gasteiger partial charge in [-0.25, -0.2) is 4.98 Å². The van der Waals surface area contributed by atoms with Gasteiger partial charge in [-0.2, -0.15) is 14.6 Å². The standard InChI is InChI=1S/C27H24N4O3/c1-14(2)15-7-9-16(10-8-15)23-26(32)29-24-19-5-3-4-6-20(19)28-25(31(24)30-23)21-17-11-12-18(13-17)22(21)27(33)34/h3-12,14,17-18,21-22H,13H2,1-2H3,(H,33,34). The molecule has 0 amide bonds. The van der Waals surface area contributed by atoms with Crippen molar-refractivity contribution in [3.05, 3.63) is 82.4 Å². The Morgan fingerprint density at radius 3 is 2.50 bits per heavy atom. The molecule has 4 aromatic rings. The maximum Gasteiger partial charge on any atom is 0.307 e. The van der Waals surface area contributed by atoms with Crippen molar-refractivity contribution in [3.8, 4) is 11.3 Å². The fourth-order valence-electron chi connectivity index (χ4n) is 5.59. The zero-order valence-corrected chi connectivity index (χ0v) is 18.9. The van der Waals surface area contributed by atoms with Crippen molar-refractivity contribution in [1.29, 1.82) is 0 Å². The Morgan fingerprint density at radius 2 is 1.76 bits per heavy atom. The number of carboxylic acids is 1. The van der Waals surface area contributed by atoms with E-state index in [0.29, 0.717) is 33.9 Å². The Hall–Kier alpha value is -3.87. The van der Waals surface area contributed by atoms with Crippen LogP contribution in [0.4, 0.5) is 0 Å². The van der Waals surface area contributed by atoms with Crippen LogP contribution in [0.5, 0.6) is 0 Å². The average Bonchev–Trinajstić information content (AvgIpc) is 3.45. The highest BCUT2D eigenvalue weighted by atomic mass is 16.4. The molecule has 0 radical (unpaired) electrons. The molecule has 7 heteroatoms. The number of carbonyl (C=O) groups is 1. The summed E-state index contributed by atoms with van der Waals surface area (Å²) < 4.78 is 1.62. The smallest absolute Gasteiger partial charge is 0.307 e. The van der Waals surface area contributed by atoms with Gasteiger partial charge in [-0.1, -0.05) is 62.4 Å². The lowest BCUT2D eigenvalue weighted by atomic mass is 9.82. The summed E-state index contributed by atoms with van der Waals surface area (Å²) in [5.74, 6) is -0.786.